The summed E-state index contributed by atoms with van der Waals surface area (Å²) in [6.45, 7) is 0.579. The molecule has 0 aromatic carbocycles. The number of alkyl halides is 3. The lowest BCUT2D eigenvalue weighted by Gasteiger charge is -2.30. The van der Waals surface area contributed by atoms with Crippen LogP contribution in [0.5, 0.6) is 0 Å². The van der Waals surface area contributed by atoms with Crippen molar-refractivity contribution in [2.75, 3.05) is 13.7 Å². The predicted molar refractivity (Wildman–Crippen MR) is 48.0 cm³/mol. The summed E-state index contributed by atoms with van der Waals surface area (Å²) in [5, 5.41) is 0. The SMILES string of the molecule is COCCC1CCCC(C(F)(F)F)C1. The molecule has 0 heterocycles. The van der Waals surface area contributed by atoms with Crippen LogP contribution < -0.4 is 0 Å². The van der Waals surface area contributed by atoms with E-state index in [1.807, 2.05) is 0 Å². The number of rotatable bonds is 3. The van der Waals surface area contributed by atoms with Crippen molar-refractivity contribution in [1.29, 1.82) is 0 Å². The van der Waals surface area contributed by atoms with Crippen molar-refractivity contribution in [3.05, 3.63) is 0 Å². The Kier molecular flexibility index (Phi) is 4.23. The zero-order chi connectivity index (χ0) is 10.6. The fraction of sp³-hybridized carbons (Fsp3) is 1.00. The smallest absolute Gasteiger partial charge is 0.385 e. The highest BCUT2D eigenvalue weighted by Gasteiger charge is 2.41. The van der Waals surface area contributed by atoms with Crippen LogP contribution in [0.2, 0.25) is 0 Å². The van der Waals surface area contributed by atoms with Crippen molar-refractivity contribution in [3.8, 4) is 0 Å². The van der Waals surface area contributed by atoms with Gasteiger partial charge in [0, 0.05) is 13.7 Å². The van der Waals surface area contributed by atoms with Gasteiger partial charge in [0.15, 0.2) is 0 Å². The monoisotopic (exact) mass is 210 g/mol. The van der Waals surface area contributed by atoms with Crippen molar-refractivity contribution in [1.82, 2.24) is 0 Å². The zero-order valence-electron chi connectivity index (χ0n) is 8.44. The van der Waals surface area contributed by atoms with Gasteiger partial charge in [0.05, 0.1) is 5.92 Å². The van der Waals surface area contributed by atoms with E-state index in [2.05, 4.69) is 0 Å². The number of methoxy groups -OCH3 is 1. The highest BCUT2D eigenvalue weighted by molar-refractivity contribution is 4.77. The van der Waals surface area contributed by atoms with Gasteiger partial charge in [-0.1, -0.05) is 12.8 Å². The maximum absolute atomic E-state index is 12.4. The van der Waals surface area contributed by atoms with Crippen LogP contribution in [0, 0.1) is 11.8 Å². The molecule has 2 atom stereocenters. The minimum absolute atomic E-state index is 0.204. The number of hydrogen-bond acceptors (Lipinski definition) is 1. The van der Waals surface area contributed by atoms with E-state index < -0.39 is 12.1 Å². The third kappa shape index (κ3) is 3.48. The number of ether oxygens (including phenoxy) is 1. The second kappa shape index (κ2) is 5.01. The summed E-state index contributed by atoms with van der Waals surface area (Å²) in [6.07, 6.45) is -0.983. The topological polar surface area (TPSA) is 9.23 Å². The summed E-state index contributed by atoms with van der Waals surface area (Å²) >= 11 is 0. The Morgan fingerprint density at radius 3 is 2.57 bits per heavy atom. The summed E-state index contributed by atoms with van der Waals surface area (Å²) in [4.78, 5) is 0. The summed E-state index contributed by atoms with van der Waals surface area (Å²) < 4.78 is 42.1. The Labute approximate surface area is 82.6 Å². The van der Waals surface area contributed by atoms with Gasteiger partial charge in [-0.3, -0.25) is 0 Å². The van der Waals surface area contributed by atoms with Gasteiger partial charge in [0.25, 0.3) is 0 Å². The minimum Gasteiger partial charge on any atom is -0.385 e. The van der Waals surface area contributed by atoms with E-state index in [1.54, 1.807) is 7.11 Å². The second-order valence-electron chi connectivity index (χ2n) is 4.05. The molecule has 14 heavy (non-hydrogen) atoms. The molecule has 84 valence electrons. The molecule has 2 unspecified atom stereocenters. The molecule has 0 bridgehead atoms. The lowest BCUT2D eigenvalue weighted by Crippen LogP contribution is -2.29. The molecule has 0 amide bonds. The third-order valence-electron chi connectivity index (χ3n) is 2.98. The van der Waals surface area contributed by atoms with Gasteiger partial charge in [-0.15, -0.1) is 0 Å². The summed E-state index contributed by atoms with van der Waals surface area (Å²) in [5.74, 6) is -0.867. The number of hydrogen-bond donors (Lipinski definition) is 0. The van der Waals surface area contributed by atoms with Gasteiger partial charge in [-0.2, -0.15) is 13.2 Å². The molecule has 0 radical (unpaired) electrons. The summed E-state index contributed by atoms with van der Waals surface area (Å²) in [5.41, 5.74) is 0. The van der Waals surface area contributed by atoms with E-state index in [0.29, 0.717) is 25.9 Å². The molecule has 1 fully saturated rings. The van der Waals surface area contributed by atoms with Crippen molar-refractivity contribution >= 4 is 0 Å². The van der Waals surface area contributed by atoms with E-state index in [9.17, 15) is 13.2 Å². The average Bonchev–Trinajstić information content (AvgIpc) is 2.14. The highest BCUT2D eigenvalue weighted by Crippen LogP contribution is 2.40. The maximum atomic E-state index is 12.4. The first-order chi connectivity index (χ1) is 6.54. The maximum Gasteiger partial charge on any atom is 0.391 e. The molecule has 0 aromatic rings. The van der Waals surface area contributed by atoms with Crippen LogP contribution in [0.15, 0.2) is 0 Å². The molecule has 1 nitrogen and oxygen atoms in total. The minimum atomic E-state index is -3.99. The Morgan fingerprint density at radius 1 is 1.29 bits per heavy atom. The fourth-order valence-electron chi connectivity index (χ4n) is 2.13. The standard InChI is InChI=1S/C10H17F3O/c1-14-6-5-8-3-2-4-9(7-8)10(11,12)13/h8-9H,2-7H2,1H3. The molecule has 1 saturated carbocycles. The van der Waals surface area contributed by atoms with Crippen molar-refractivity contribution < 1.29 is 17.9 Å². The van der Waals surface area contributed by atoms with Gasteiger partial charge in [0.2, 0.25) is 0 Å². The number of halogens is 3. The Morgan fingerprint density at radius 2 is 2.00 bits per heavy atom. The van der Waals surface area contributed by atoms with Crippen LogP contribution in [0.4, 0.5) is 13.2 Å². The van der Waals surface area contributed by atoms with Crippen LogP contribution in [0.1, 0.15) is 32.1 Å². The van der Waals surface area contributed by atoms with Crippen molar-refractivity contribution in [3.63, 3.8) is 0 Å². The molecule has 0 aromatic heterocycles. The van der Waals surface area contributed by atoms with E-state index in [-0.39, 0.29) is 5.92 Å². The Hall–Kier alpha value is -0.250. The first kappa shape index (κ1) is 11.8. The van der Waals surface area contributed by atoms with Gasteiger partial charge in [-0.25, -0.2) is 0 Å². The van der Waals surface area contributed by atoms with Crippen LogP contribution in [-0.2, 0) is 4.74 Å². The summed E-state index contributed by atoms with van der Waals surface area (Å²) in [7, 11) is 1.59. The highest BCUT2D eigenvalue weighted by atomic mass is 19.4. The molecule has 0 aliphatic heterocycles. The van der Waals surface area contributed by atoms with Gasteiger partial charge in [-0.05, 0) is 25.2 Å². The van der Waals surface area contributed by atoms with E-state index >= 15 is 0 Å². The van der Waals surface area contributed by atoms with E-state index in [1.165, 1.54) is 0 Å². The van der Waals surface area contributed by atoms with Gasteiger partial charge < -0.3 is 4.74 Å². The normalized spacial score (nSPS) is 29.1. The zero-order valence-corrected chi connectivity index (χ0v) is 8.44. The molecule has 1 rings (SSSR count). The molecule has 4 heteroatoms. The summed E-state index contributed by atoms with van der Waals surface area (Å²) in [6, 6.07) is 0. The molecule has 0 spiro atoms. The Bertz CT molecular complexity index is 167. The van der Waals surface area contributed by atoms with Crippen LogP contribution >= 0.6 is 0 Å². The quantitative estimate of drug-likeness (QED) is 0.693. The average molecular weight is 210 g/mol. The van der Waals surface area contributed by atoms with Crippen LogP contribution in [0.25, 0.3) is 0 Å². The van der Waals surface area contributed by atoms with Crippen LogP contribution in [0.3, 0.4) is 0 Å². The van der Waals surface area contributed by atoms with E-state index in [4.69, 9.17) is 4.74 Å². The first-order valence-corrected chi connectivity index (χ1v) is 5.09. The largest absolute Gasteiger partial charge is 0.391 e. The third-order valence-corrected chi connectivity index (χ3v) is 2.98. The van der Waals surface area contributed by atoms with Crippen molar-refractivity contribution in [2.24, 2.45) is 11.8 Å². The molecule has 1 aliphatic rings. The predicted octanol–water partition coefficient (Wildman–Crippen LogP) is 3.39. The molecular formula is C10H17F3O. The van der Waals surface area contributed by atoms with Crippen molar-refractivity contribution in [2.45, 2.75) is 38.3 Å². The molecular weight excluding hydrogens is 193 g/mol. The molecule has 0 saturated heterocycles. The lowest BCUT2D eigenvalue weighted by molar-refractivity contribution is -0.186. The molecule has 0 N–H and O–H groups in total. The fourth-order valence-corrected chi connectivity index (χ4v) is 2.13. The van der Waals surface area contributed by atoms with E-state index in [0.717, 1.165) is 12.8 Å². The van der Waals surface area contributed by atoms with Gasteiger partial charge in [0.1, 0.15) is 0 Å². The Balaban J connectivity index is 2.36. The first-order valence-electron chi connectivity index (χ1n) is 5.09. The molecule has 1 aliphatic carbocycles. The van der Waals surface area contributed by atoms with Gasteiger partial charge >= 0.3 is 6.18 Å². The van der Waals surface area contributed by atoms with Crippen LogP contribution in [-0.4, -0.2) is 19.9 Å². The lowest BCUT2D eigenvalue weighted by atomic mass is 9.80. The second-order valence-corrected chi connectivity index (χ2v) is 4.05.